The predicted octanol–water partition coefficient (Wildman–Crippen LogP) is 1.82. The van der Waals surface area contributed by atoms with Gasteiger partial charge in [0.15, 0.2) is 0 Å². The molecule has 1 rings (SSSR count). The van der Waals surface area contributed by atoms with Crippen LogP contribution in [0.4, 0.5) is 0 Å². The van der Waals surface area contributed by atoms with Gasteiger partial charge >= 0.3 is 0 Å². The molecule has 0 saturated heterocycles. The molecule has 1 aromatic heterocycles. The van der Waals surface area contributed by atoms with Gasteiger partial charge in [0, 0.05) is 35.2 Å². The first-order valence-electron chi connectivity index (χ1n) is 2.83. The van der Waals surface area contributed by atoms with Gasteiger partial charge in [0.05, 0.1) is 6.20 Å². The third-order valence-electron chi connectivity index (χ3n) is 1.01. The van der Waals surface area contributed by atoms with Gasteiger partial charge in [-0.15, -0.1) is 0 Å². The van der Waals surface area contributed by atoms with E-state index in [4.69, 9.17) is 0 Å². The molecular weight excluding hydrogens is 237 g/mol. The lowest BCUT2D eigenvalue weighted by Gasteiger charge is -1.87. The summed E-state index contributed by atoms with van der Waals surface area (Å²) in [5.74, 6) is 2.93. The Bertz CT molecular complexity index is 245. The summed E-state index contributed by atoms with van der Waals surface area (Å²) in [6, 6.07) is 3.86. The highest BCUT2D eigenvalue weighted by molar-refractivity contribution is 14.1. The van der Waals surface area contributed by atoms with Crippen LogP contribution in [0.2, 0.25) is 0 Å². The molecule has 0 bridgehead atoms. The molecule has 0 fully saturated rings. The van der Waals surface area contributed by atoms with Gasteiger partial charge in [-0.3, -0.25) is 4.98 Å². The Hall–Kier alpha value is -0.560. The summed E-state index contributed by atoms with van der Waals surface area (Å²) >= 11 is 2.02. The van der Waals surface area contributed by atoms with Crippen LogP contribution < -0.4 is 0 Å². The van der Waals surface area contributed by atoms with Crippen molar-refractivity contribution < 1.29 is 0 Å². The molecule has 49 valence electrons. The van der Waals surface area contributed by atoms with Crippen LogP contribution >= 0.6 is 22.6 Å². The number of hydrogen-bond acceptors (Lipinski definition) is 1. The standard InChI is InChI=1S/C8H5IN/c9-5-1-3-8-4-2-6-10-7-8/h2,4,6H,3H2. The van der Waals surface area contributed by atoms with Crippen molar-refractivity contribution in [3.63, 3.8) is 0 Å². The van der Waals surface area contributed by atoms with Crippen LogP contribution in [-0.2, 0) is 6.42 Å². The fourth-order valence-corrected chi connectivity index (χ4v) is 0.777. The molecule has 0 atom stereocenters. The maximum absolute atomic E-state index is 3.84. The van der Waals surface area contributed by atoms with E-state index in [-0.39, 0.29) is 0 Å². The van der Waals surface area contributed by atoms with E-state index in [2.05, 4.69) is 21.0 Å². The molecule has 0 aliphatic heterocycles. The van der Waals surface area contributed by atoms with Gasteiger partial charge in [0.2, 0.25) is 0 Å². The maximum atomic E-state index is 3.84. The lowest BCUT2D eigenvalue weighted by Crippen LogP contribution is -1.81. The topological polar surface area (TPSA) is 12.9 Å². The minimum absolute atomic E-state index is 0.747. The first-order chi connectivity index (χ1) is 4.93. The van der Waals surface area contributed by atoms with Gasteiger partial charge < -0.3 is 0 Å². The second-order valence-electron chi connectivity index (χ2n) is 1.72. The summed E-state index contributed by atoms with van der Waals surface area (Å²) in [5.41, 5.74) is 1.05. The van der Waals surface area contributed by atoms with Crippen LogP contribution in [0.1, 0.15) is 5.56 Å². The smallest absolute Gasteiger partial charge is 0.0930 e. The summed E-state index contributed by atoms with van der Waals surface area (Å²) in [4.78, 5) is 3.84. The zero-order chi connectivity index (χ0) is 7.23. The summed E-state index contributed by atoms with van der Waals surface area (Å²) in [7, 11) is 0. The largest absolute Gasteiger partial charge is 0.254 e. The Morgan fingerprint density at radius 2 is 2.60 bits per heavy atom. The van der Waals surface area contributed by atoms with E-state index < -0.39 is 0 Å². The second kappa shape index (κ2) is 4.29. The molecule has 1 nitrogen and oxygen atoms in total. The number of aromatic nitrogens is 1. The Kier molecular flexibility index (Phi) is 3.23. The predicted molar refractivity (Wildman–Crippen MR) is 48.6 cm³/mol. The second-order valence-corrected chi connectivity index (χ2v) is 2.26. The molecule has 0 saturated carbocycles. The fraction of sp³-hybridized carbons (Fsp3) is 0.125. The molecule has 2 heteroatoms. The minimum Gasteiger partial charge on any atom is -0.254 e. The van der Waals surface area contributed by atoms with Crippen LogP contribution in [0.3, 0.4) is 0 Å². The number of rotatable bonds is 1. The molecule has 0 spiro atoms. The van der Waals surface area contributed by atoms with Crippen molar-refractivity contribution in [1.29, 1.82) is 0 Å². The average molecular weight is 242 g/mol. The van der Waals surface area contributed by atoms with Gasteiger partial charge in [0.1, 0.15) is 0 Å². The van der Waals surface area contributed by atoms with E-state index in [1.54, 1.807) is 6.20 Å². The van der Waals surface area contributed by atoms with Crippen molar-refractivity contribution in [2.75, 3.05) is 0 Å². The molecule has 1 aromatic rings. The molecular formula is C8H5IN. The fourth-order valence-electron chi connectivity index (χ4n) is 0.587. The van der Waals surface area contributed by atoms with E-state index in [1.165, 1.54) is 0 Å². The Morgan fingerprint density at radius 3 is 3.20 bits per heavy atom. The van der Waals surface area contributed by atoms with Crippen molar-refractivity contribution in [3.05, 3.63) is 30.1 Å². The highest BCUT2D eigenvalue weighted by Crippen LogP contribution is 1.94. The summed E-state index contributed by atoms with van der Waals surface area (Å²) in [6.07, 6.45) is 5.30. The number of pyridine rings is 1. The first kappa shape index (κ1) is 7.55. The molecule has 0 unspecified atom stereocenters. The van der Waals surface area contributed by atoms with Crippen molar-refractivity contribution in [2.24, 2.45) is 0 Å². The van der Waals surface area contributed by atoms with Crippen molar-refractivity contribution in [1.82, 2.24) is 4.98 Å². The van der Waals surface area contributed by atoms with Crippen LogP contribution in [0, 0.1) is 16.0 Å². The van der Waals surface area contributed by atoms with E-state index in [9.17, 15) is 0 Å². The Morgan fingerprint density at radius 1 is 1.70 bits per heavy atom. The lowest BCUT2D eigenvalue weighted by molar-refractivity contribution is 1.20. The third kappa shape index (κ3) is 2.36. The molecule has 1 heterocycles. The average Bonchev–Trinajstić information content (AvgIpc) is 2.03. The number of halogens is 1. The highest BCUT2D eigenvalue weighted by Gasteiger charge is 1.85. The van der Waals surface area contributed by atoms with Crippen LogP contribution in [0.15, 0.2) is 18.3 Å². The first-order valence-corrected chi connectivity index (χ1v) is 3.91. The maximum Gasteiger partial charge on any atom is 0.0930 e. The van der Waals surface area contributed by atoms with E-state index in [1.807, 2.05) is 34.7 Å². The quantitative estimate of drug-likeness (QED) is 0.540. The minimum atomic E-state index is 0.747. The van der Waals surface area contributed by atoms with Gasteiger partial charge in [0.25, 0.3) is 0 Å². The zero-order valence-electron chi connectivity index (χ0n) is 5.26. The van der Waals surface area contributed by atoms with Crippen molar-refractivity contribution >= 4 is 22.6 Å². The van der Waals surface area contributed by atoms with Crippen molar-refractivity contribution in [2.45, 2.75) is 6.42 Å². The molecule has 10 heavy (non-hydrogen) atoms. The molecule has 0 amide bonds. The Balaban J connectivity index is 2.64. The molecule has 0 aromatic carbocycles. The van der Waals surface area contributed by atoms with Crippen molar-refractivity contribution in [3.8, 4) is 9.85 Å². The van der Waals surface area contributed by atoms with Gasteiger partial charge in [-0.25, -0.2) is 0 Å². The molecule has 0 aliphatic rings. The van der Waals surface area contributed by atoms with Crippen LogP contribution in [0.25, 0.3) is 0 Å². The lowest BCUT2D eigenvalue weighted by atomic mass is 10.2. The van der Waals surface area contributed by atoms with Gasteiger partial charge in [-0.05, 0) is 15.6 Å². The van der Waals surface area contributed by atoms with Crippen LogP contribution in [-0.4, -0.2) is 4.98 Å². The molecule has 0 aliphatic carbocycles. The monoisotopic (exact) mass is 242 g/mol. The SMILES string of the molecule is IC#CCc1[c]nccc1. The number of nitrogens with zero attached hydrogens (tertiary/aromatic N) is 1. The van der Waals surface area contributed by atoms with Crippen LogP contribution in [0.5, 0.6) is 0 Å². The van der Waals surface area contributed by atoms with E-state index in [0.717, 1.165) is 12.0 Å². The Labute approximate surface area is 74.0 Å². The summed E-state index contributed by atoms with van der Waals surface area (Å²) < 4.78 is 2.79. The van der Waals surface area contributed by atoms with Gasteiger partial charge in [-0.1, -0.05) is 12.0 Å². The molecule has 0 N–H and O–H groups in total. The summed E-state index contributed by atoms with van der Waals surface area (Å²) in [6.45, 7) is 0. The summed E-state index contributed by atoms with van der Waals surface area (Å²) in [5, 5.41) is 0. The van der Waals surface area contributed by atoms with Gasteiger partial charge in [-0.2, -0.15) is 0 Å². The molecule has 1 radical (unpaired) electrons. The third-order valence-corrected chi connectivity index (χ3v) is 1.39. The van der Waals surface area contributed by atoms with E-state index >= 15 is 0 Å². The zero-order valence-corrected chi connectivity index (χ0v) is 7.42. The highest BCUT2D eigenvalue weighted by atomic mass is 127. The van der Waals surface area contributed by atoms with E-state index in [0.29, 0.717) is 0 Å². The normalized spacial score (nSPS) is 8.10. The number of hydrogen-bond donors (Lipinski definition) is 0.